The average molecular weight is 239 g/mol. The normalized spacial score (nSPS) is 19.5. The van der Waals surface area contributed by atoms with E-state index in [1.54, 1.807) is 0 Å². The molecule has 1 unspecified atom stereocenters. The van der Waals surface area contributed by atoms with Crippen molar-refractivity contribution in [1.29, 1.82) is 0 Å². The average Bonchev–Trinajstić information content (AvgIpc) is 2.39. The number of rotatable bonds is 0. The quantitative estimate of drug-likeness (QED) is 0.582. The fourth-order valence-corrected chi connectivity index (χ4v) is 2.15. The van der Waals surface area contributed by atoms with Crippen molar-refractivity contribution in [2.24, 2.45) is 0 Å². The summed E-state index contributed by atoms with van der Waals surface area (Å²) in [5, 5.41) is 1.38. The van der Waals surface area contributed by atoms with Gasteiger partial charge in [0.1, 0.15) is 0 Å². The first-order chi connectivity index (χ1) is 5.68. The summed E-state index contributed by atoms with van der Waals surface area (Å²) in [5.41, 5.74) is 6.53. The van der Waals surface area contributed by atoms with Crippen molar-refractivity contribution >= 4 is 23.2 Å². The molecule has 13 heavy (non-hydrogen) atoms. The van der Waals surface area contributed by atoms with E-state index in [9.17, 15) is 0 Å². The van der Waals surface area contributed by atoms with Crippen LogP contribution in [0.4, 0.5) is 0 Å². The largest absolute Gasteiger partial charge is 1.00 e. The monoisotopic (exact) mass is 237 g/mol. The first-order valence-electron chi connectivity index (χ1n) is 3.97. The molecule has 72 valence electrons. The van der Waals surface area contributed by atoms with E-state index in [0.717, 1.165) is 17.9 Å². The van der Waals surface area contributed by atoms with E-state index in [1.807, 2.05) is 6.07 Å². The van der Waals surface area contributed by atoms with Crippen LogP contribution in [0, 0.1) is 0 Å². The molecule has 1 aliphatic carbocycles. The molecule has 1 aromatic rings. The van der Waals surface area contributed by atoms with E-state index >= 15 is 0 Å². The topological polar surface area (TPSA) is 27.6 Å². The molecule has 0 saturated carbocycles. The molecule has 0 fully saturated rings. The zero-order chi connectivity index (χ0) is 8.72. The zero-order valence-electron chi connectivity index (χ0n) is 6.99. The maximum absolute atomic E-state index is 6.04. The fraction of sp³-hybridized carbons (Fsp3) is 0.333. The van der Waals surface area contributed by atoms with Crippen LogP contribution in [0.1, 0.15) is 11.1 Å². The van der Waals surface area contributed by atoms with Gasteiger partial charge in [-0.1, -0.05) is 29.3 Å². The van der Waals surface area contributed by atoms with E-state index in [1.165, 1.54) is 11.1 Å². The van der Waals surface area contributed by atoms with Crippen LogP contribution in [0.25, 0.3) is 0 Å². The number of halogens is 3. The Morgan fingerprint density at radius 2 is 1.92 bits per heavy atom. The van der Waals surface area contributed by atoms with Crippen molar-refractivity contribution < 1.29 is 18.1 Å². The summed E-state index contributed by atoms with van der Waals surface area (Å²) in [5.74, 6) is 0. The Morgan fingerprint density at radius 3 is 2.62 bits per heavy atom. The SMILES string of the molecule is [Cl-].[NH3+]C1Cc2ccc(Cl)c(Cl)c2C1. The van der Waals surface area contributed by atoms with Gasteiger partial charge in [0.2, 0.25) is 0 Å². The van der Waals surface area contributed by atoms with Gasteiger partial charge in [-0.2, -0.15) is 0 Å². The summed E-state index contributed by atoms with van der Waals surface area (Å²) in [7, 11) is 0. The van der Waals surface area contributed by atoms with Gasteiger partial charge < -0.3 is 18.1 Å². The van der Waals surface area contributed by atoms with Crippen molar-refractivity contribution in [2.45, 2.75) is 18.9 Å². The Kier molecular flexibility index (Phi) is 3.47. The molecule has 0 spiro atoms. The predicted molar refractivity (Wildman–Crippen MR) is 50.5 cm³/mol. The summed E-state index contributed by atoms with van der Waals surface area (Å²) >= 11 is 11.9. The second-order valence-electron chi connectivity index (χ2n) is 3.27. The van der Waals surface area contributed by atoms with Crippen LogP contribution in [0.15, 0.2) is 12.1 Å². The molecule has 3 N–H and O–H groups in total. The Hall–Kier alpha value is 0.0500. The van der Waals surface area contributed by atoms with E-state index in [0.29, 0.717) is 11.1 Å². The molecule has 0 heterocycles. The number of fused-ring (bicyclic) bond motifs is 1. The summed E-state index contributed by atoms with van der Waals surface area (Å²) in [6, 6.07) is 4.38. The second kappa shape index (κ2) is 4.05. The minimum atomic E-state index is 0. The third-order valence-corrected chi connectivity index (χ3v) is 3.14. The maximum atomic E-state index is 6.04. The summed E-state index contributed by atoms with van der Waals surface area (Å²) in [6.45, 7) is 0. The number of benzene rings is 1. The summed E-state index contributed by atoms with van der Waals surface area (Å²) in [6.07, 6.45) is 2.00. The fourth-order valence-electron chi connectivity index (χ4n) is 1.72. The van der Waals surface area contributed by atoms with Crippen molar-refractivity contribution in [3.63, 3.8) is 0 Å². The minimum absolute atomic E-state index is 0. The highest BCUT2D eigenvalue weighted by atomic mass is 35.5. The molecule has 0 aliphatic heterocycles. The molecule has 0 aromatic heterocycles. The smallest absolute Gasteiger partial charge is 0.0926 e. The van der Waals surface area contributed by atoms with Crippen LogP contribution < -0.4 is 18.1 Å². The van der Waals surface area contributed by atoms with Crippen molar-refractivity contribution in [1.82, 2.24) is 0 Å². The van der Waals surface area contributed by atoms with Gasteiger partial charge in [-0.3, -0.25) is 0 Å². The molecule has 4 heteroatoms. The van der Waals surface area contributed by atoms with E-state index < -0.39 is 0 Å². The molecular weight excluding hydrogens is 228 g/mol. The van der Waals surface area contributed by atoms with Crippen LogP contribution in [0.5, 0.6) is 0 Å². The van der Waals surface area contributed by atoms with Crippen molar-refractivity contribution in [3.8, 4) is 0 Å². The lowest BCUT2D eigenvalue weighted by Gasteiger charge is -2.01. The Labute approximate surface area is 93.6 Å². The molecule has 1 atom stereocenters. The Bertz CT molecular complexity index is 325. The van der Waals surface area contributed by atoms with Gasteiger partial charge >= 0.3 is 0 Å². The van der Waals surface area contributed by atoms with Gasteiger partial charge in [0, 0.05) is 12.8 Å². The first kappa shape index (κ1) is 11.1. The van der Waals surface area contributed by atoms with Gasteiger partial charge in [0.15, 0.2) is 0 Å². The number of hydrogen-bond donors (Lipinski definition) is 1. The van der Waals surface area contributed by atoms with Crippen LogP contribution in [-0.4, -0.2) is 6.04 Å². The highest BCUT2D eigenvalue weighted by Gasteiger charge is 2.23. The lowest BCUT2D eigenvalue weighted by atomic mass is 10.1. The second-order valence-corrected chi connectivity index (χ2v) is 4.06. The van der Waals surface area contributed by atoms with Gasteiger partial charge in [-0.25, -0.2) is 0 Å². The molecule has 1 aromatic carbocycles. The van der Waals surface area contributed by atoms with Gasteiger partial charge in [-0.15, -0.1) is 0 Å². The number of quaternary nitrogens is 1. The highest BCUT2D eigenvalue weighted by Crippen LogP contribution is 2.33. The van der Waals surface area contributed by atoms with Crippen molar-refractivity contribution in [2.75, 3.05) is 0 Å². The van der Waals surface area contributed by atoms with Crippen LogP contribution in [0.3, 0.4) is 0 Å². The number of hydrogen-bond acceptors (Lipinski definition) is 0. The molecule has 1 aliphatic rings. The molecule has 0 radical (unpaired) electrons. The van der Waals surface area contributed by atoms with Crippen molar-refractivity contribution in [3.05, 3.63) is 33.3 Å². The summed E-state index contributed by atoms with van der Waals surface area (Å²) in [4.78, 5) is 0. The lowest BCUT2D eigenvalue weighted by molar-refractivity contribution is -0.416. The van der Waals surface area contributed by atoms with E-state index in [4.69, 9.17) is 23.2 Å². The van der Waals surface area contributed by atoms with Gasteiger partial charge in [-0.05, 0) is 17.2 Å². The van der Waals surface area contributed by atoms with Crippen LogP contribution in [0.2, 0.25) is 10.0 Å². The van der Waals surface area contributed by atoms with Crippen LogP contribution in [-0.2, 0) is 12.8 Å². The summed E-state index contributed by atoms with van der Waals surface area (Å²) < 4.78 is 0. The Morgan fingerprint density at radius 1 is 1.23 bits per heavy atom. The Balaban J connectivity index is 0.000000845. The van der Waals surface area contributed by atoms with E-state index in [2.05, 4.69) is 11.8 Å². The zero-order valence-corrected chi connectivity index (χ0v) is 9.26. The third-order valence-electron chi connectivity index (χ3n) is 2.29. The standard InChI is InChI=1S/C9H9Cl2N.ClH/c10-8-2-1-5-3-6(12)4-7(5)9(8)11;/h1-2,6H,3-4,12H2;1H. The molecule has 2 rings (SSSR count). The third kappa shape index (κ3) is 1.94. The molecule has 1 nitrogen and oxygen atoms in total. The predicted octanol–water partition coefficient (Wildman–Crippen LogP) is -1.29. The molecule has 0 saturated heterocycles. The molecular formula is C9H10Cl3N. The minimum Gasteiger partial charge on any atom is -1.00 e. The van der Waals surface area contributed by atoms with E-state index in [-0.39, 0.29) is 12.4 Å². The molecule has 0 amide bonds. The molecule has 0 bridgehead atoms. The lowest BCUT2D eigenvalue weighted by Crippen LogP contribution is -3.00. The van der Waals surface area contributed by atoms with Gasteiger partial charge in [0.05, 0.1) is 16.1 Å². The first-order valence-corrected chi connectivity index (χ1v) is 4.73. The maximum Gasteiger partial charge on any atom is 0.0926 e. The highest BCUT2D eigenvalue weighted by molar-refractivity contribution is 6.42. The van der Waals surface area contributed by atoms with Gasteiger partial charge in [0.25, 0.3) is 0 Å². The van der Waals surface area contributed by atoms with Crippen LogP contribution >= 0.6 is 23.2 Å².